The first-order valence-electron chi connectivity index (χ1n) is 6.80. The molecule has 0 saturated heterocycles. The van der Waals surface area contributed by atoms with Crippen molar-refractivity contribution in [1.29, 1.82) is 0 Å². The smallest absolute Gasteiger partial charge is 0.320 e. The topological polar surface area (TPSA) is 43.2 Å². The molecule has 1 radical (unpaired) electrons. The largest absolute Gasteiger partial charge is 0.453 e. The van der Waals surface area contributed by atoms with Gasteiger partial charge >= 0.3 is 6.02 Å². The van der Waals surface area contributed by atoms with Gasteiger partial charge < -0.3 is 9.47 Å². The molecule has 0 atom stereocenters. The summed E-state index contributed by atoms with van der Waals surface area (Å²) in [6.07, 6.45) is 0. The van der Waals surface area contributed by atoms with Crippen LogP contribution in [0.25, 0.3) is 0 Å². The molecule has 3 rings (SSSR count). The molecular formula is C17H16N2O2V. The summed E-state index contributed by atoms with van der Waals surface area (Å²) < 4.78 is 11.3. The number of para-hydroxylation sites is 2. The molecule has 1 aliphatic rings. The van der Waals surface area contributed by atoms with Gasteiger partial charge in [0.05, 0.1) is 5.69 Å². The number of nitrogens with zero attached hydrogens (tertiary/aromatic N) is 2. The van der Waals surface area contributed by atoms with E-state index in [-0.39, 0.29) is 18.6 Å². The van der Waals surface area contributed by atoms with Crippen molar-refractivity contribution in [3.05, 3.63) is 59.7 Å². The Bertz CT molecular complexity index is 692. The van der Waals surface area contributed by atoms with E-state index in [4.69, 9.17) is 9.47 Å². The van der Waals surface area contributed by atoms with Gasteiger partial charge in [-0.15, -0.1) is 0 Å². The molecule has 0 bridgehead atoms. The maximum Gasteiger partial charge on any atom is 0.320 e. The Morgan fingerprint density at radius 1 is 1.00 bits per heavy atom. The molecule has 0 N–H and O–H groups in total. The second-order valence-electron chi connectivity index (χ2n) is 4.85. The molecule has 0 aromatic heterocycles. The number of ether oxygens (including phenoxy) is 2. The molecule has 4 nitrogen and oxygen atoms in total. The molecule has 0 fully saturated rings. The molecule has 0 spiro atoms. The number of rotatable bonds is 2. The normalized spacial score (nSPS) is 15.0. The van der Waals surface area contributed by atoms with Gasteiger partial charge in [0.25, 0.3) is 0 Å². The Hall–Kier alpha value is -2.04. The number of amidine groups is 1. The minimum absolute atomic E-state index is 0. The van der Waals surface area contributed by atoms with Crippen LogP contribution in [0.1, 0.15) is 11.1 Å². The summed E-state index contributed by atoms with van der Waals surface area (Å²) in [7, 11) is 0. The van der Waals surface area contributed by atoms with Crippen LogP contribution in [-0.2, 0) is 23.3 Å². The summed E-state index contributed by atoms with van der Waals surface area (Å²) in [6.45, 7) is 4.33. The fourth-order valence-electron chi connectivity index (χ4n) is 2.10. The van der Waals surface area contributed by atoms with E-state index in [0.29, 0.717) is 18.5 Å². The molecule has 22 heavy (non-hydrogen) atoms. The van der Waals surface area contributed by atoms with Crippen LogP contribution in [0.5, 0.6) is 5.75 Å². The van der Waals surface area contributed by atoms with E-state index in [1.807, 2.05) is 62.4 Å². The van der Waals surface area contributed by atoms with Crippen LogP contribution >= 0.6 is 0 Å². The number of hydrogen-bond acceptors (Lipinski definition) is 3. The van der Waals surface area contributed by atoms with Crippen molar-refractivity contribution in [1.82, 2.24) is 0 Å². The Morgan fingerprint density at radius 3 is 2.36 bits per heavy atom. The van der Waals surface area contributed by atoms with Crippen LogP contribution in [0.2, 0.25) is 0 Å². The summed E-state index contributed by atoms with van der Waals surface area (Å²) in [5.41, 5.74) is 2.96. The van der Waals surface area contributed by atoms with Crippen LogP contribution in [0.4, 0.5) is 5.69 Å². The summed E-state index contributed by atoms with van der Waals surface area (Å²) >= 11 is 0. The van der Waals surface area contributed by atoms with Gasteiger partial charge in [-0.3, -0.25) is 0 Å². The Morgan fingerprint density at radius 2 is 1.68 bits per heavy atom. The zero-order chi connectivity index (χ0) is 14.7. The maximum absolute atomic E-state index is 5.85. The van der Waals surface area contributed by atoms with Crippen molar-refractivity contribution in [2.75, 3.05) is 6.61 Å². The van der Waals surface area contributed by atoms with Gasteiger partial charge in [0.1, 0.15) is 5.75 Å². The number of hydrogen-bond donors (Lipinski definition) is 0. The average molecular weight is 331 g/mol. The molecule has 5 heteroatoms. The molecule has 0 unspecified atom stereocenters. The van der Waals surface area contributed by atoms with Crippen LogP contribution in [0.3, 0.4) is 0 Å². The summed E-state index contributed by atoms with van der Waals surface area (Å²) in [5, 5.41) is 0. The van der Waals surface area contributed by atoms with Crippen molar-refractivity contribution in [2.45, 2.75) is 13.8 Å². The zero-order valence-corrected chi connectivity index (χ0v) is 13.9. The fraction of sp³-hybridized carbons (Fsp3) is 0.176. The van der Waals surface area contributed by atoms with Gasteiger partial charge in [0, 0.05) is 18.6 Å². The third-order valence-electron chi connectivity index (χ3n) is 3.15. The van der Waals surface area contributed by atoms with Gasteiger partial charge in [-0.25, -0.2) is 0 Å². The third-order valence-corrected chi connectivity index (χ3v) is 3.15. The fourth-order valence-corrected chi connectivity index (χ4v) is 2.10. The summed E-state index contributed by atoms with van der Waals surface area (Å²) in [4.78, 5) is 8.60. The van der Waals surface area contributed by atoms with Gasteiger partial charge in [-0.05, 0) is 37.1 Å². The summed E-state index contributed by atoms with van der Waals surface area (Å²) in [6, 6.07) is 16.0. The zero-order valence-electron chi connectivity index (χ0n) is 12.5. The monoisotopic (exact) mass is 331 g/mol. The van der Waals surface area contributed by atoms with E-state index in [1.165, 1.54) is 0 Å². The van der Waals surface area contributed by atoms with Gasteiger partial charge in [-0.2, -0.15) is 9.98 Å². The van der Waals surface area contributed by atoms with E-state index in [1.54, 1.807) is 0 Å². The standard InChI is InChI=1S/C17H16N2O2.V/c1-12-7-6-8-13(2)16(12)21-15-11-20-17(19-15)18-14-9-4-3-5-10-14;/h3-10H,11H2,1-2H3;. The second kappa shape index (κ2) is 7.30. The van der Waals surface area contributed by atoms with E-state index in [9.17, 15) is 0 Å². The number of aryl methyl sites for hydroxylation is 2. The first kappa shape index (κ1) is 16.3. The molecule has 2 aromatic rings. The second-order valence-corrected chi connectivity index (χ2v) is 4.85. The first-order valence-corrected chi connectivity index (χ1v) is 6.80. The molecule has 0 amide bonds. The SMILES string of the molecule is Cc1cccc(C)c1OC1=NC(=Nc2ccccc2)OC1.[V]. The molecule has 0 saturated carbocycles. The first-order chi connectivity index (χ1) is 10.2. The minimum atomic E-state index is 0. The predicted octanol–water partition coefficient (Wildman–Crippen LogP) is 3.80. The molecular weight excluding hydrogens is 315 g/mol. The van der Waals surface area contributed by atoms with E-state index in [0.717, 1.165) is 22.6 Å². The van der Waals surface area contributed by atoms with Crippen LogP contribution in [-0.4, -0.2) is 18.5 Å². The Labute approximate surface area is 141 Å². The van der Waals surface area contributed by atoms with Crippen molar-refractivity contribution in [3.63, 3.8) is 0 Å². The molecule has 111 valence electrons. The van der Waals surface area contributed by atoms with E-state index in [2.05, 4.69) is 9.98 Å². The molecule has 1 heterocycles. The third kappa shape index (κ3) is 3.78. The van der Waals surface area contributed by atoms with Crippen LogP contribution in [0, 0.1) is 13.8 Å². The van der Waals surface area contributed by atoms with Gasteiger partial charge in [0.2, 0.25) is 5.90 Å². The van der Waals surface area contributed by atoms with E-state index < -0.39 is 0 Å². The summed E-state index contributed by atoms with van der Waals surface area (Å²) in [5.74, 6) is 1.36. The van der Waals surface area contributed by atoms with Crippen LogP contribution in [0.15, 0.2) is 58.5 Å². The Kier molecular flexibility index (Phi) is 5.42. The van der Waals surface area contributed by atoms with E-state index >= 15 is 0 Å². The average Bonchev–Trinajstić information content (AvgIpc) is 2.91. The number of aliphatic imine (C=N–C) groups is 2. The predicted molar refractivity (Wildman–Crippen MR) is 83.5 cm³/mol. The van der Waals surface area contributed by atoms with Crippen molar-refractivity contribution in [3.8, 4) is 5.75 Å². The maximum atomic E-state index is 5.85. The van der Waals surface area contributed by atoms with Crippen molar-refractivity contribution < 1.29 is 28.0 Å². The molecule has 2 aromatic carbocycles. The minimum Gasteiger partial charge on any atom is -0.453 e. The van der Waals surface area contributed by atoms with Crippen LogP contribution < -0.4 is 4.74 Å². The Balaban J connectivity index is 0.00000176. The molecule has 1 aliphatic heterocycles. The number of benzene rings is 2. The van der Waals surface area contributed by atoms with Gasteiger partial charge in [-0.1, -0.05) is 36.4 Å². The van der Waals surface area contributed by atoms with Crippen molar-refractivity contribution in [2.24, 2.45) is 9.98 Å². The quantitative estimate of drug-likeness (QED) is 0.840. The van der Waals surface area contributed by atoms with Gasteiger partial charge in [0.15, 0.2) is 6.61 Å². The molecule has 0 aliphatic carbocycles. The van der Waals surface area contributed by atoms with Crippen molar-refractivity contribution >= 4 is 17.6 Å².